The van der Waals surface area contributed by atoms with Crippen molar-refractivity contribution < 1.29 is 26.7 Å². The summed E-state index contributed by atoms with van der Waals surface area (Å²) in [4.78, 5) is 0.813. The maximum atomic E-state index is 12.4. The van der Waals surface area contributed by atoms with Gasteiger partial charge in [0.05, 0.1) is 17.4 Å². The Morgan fingerprint density at radius 2 is 1.81 bits per heavy atom. The van der Waals surface area contributed by atoms with Gasteiger partial charge in [0, 0.05) is 18.8 Å². The number of benzene rings is 1. The van der Waals surface area contributed by atoms with E-state index in [0.717, 1.165) is 12.1 Å². The molecule has 1 N–H and O–H groups in total. The number of halogens is 3. The average molecular weight is 320 g/mol. The summed E-state index contributed by atoms with van der Waals surface area (Å²) >= 11 is 0. The minimum Gasteiger partial charge on any atom is -0.385 e. The molecule has 1 heterocycles. The molecule has 0 aliphatic carbocycles. The average Bonchev–Trinajstić information content (AvgIpc) is 2.35. The maximum absolute atomic E-state index is 12.4. The SMILES string of the molecule is N#CCC1(O)CN(c2ccc(S(=O)(=O)C(F)(F)F)cc2)C1. The summed E-state index contributed by atoms with van der Waals surface area (Å²) in [5.41, 5.74) is -5.97. The largest absolute Gasteiger partial charge is 0.501 e. The fraction of sp³-hybridized carbons (Fsp3) is 0.417. The molecule has 0 saturated carbocycles. The van der Waals surface area contributed by atoms with Gasteiger partial charge in [-0.2, -0.15) is 18.4 Å². The Hall–Kier alpha value is -1.79. The van der Waals surface area contributed by atoms with Gasteiger partial charge in [0.2, 0.25) is 0 Å². The highest BCUT2D eigenvalue weighted by Gasteiger charge is 2.47. The molecule has 1 aliphatic heterocycles. The molecule has 2 rings (SSSR count). The van der Waals surface area contributed by atoms with Crippen molar-refractivity contribution >= 4 is 15.5 Å². The summed E-state index contributed by atoms with van der Waals surface area (Å²) < 4.78 is 59.5. The summed E-state index contributed by atoms with van der Waals surface area (Å²) in [7, 11) is -5.35. The van der Waals surface area contributed by atoms with E-state index in [1.807, 2.05) is 6.07 Å². The maximum Gasteiger partial charge on any atom is 0.501 e. The van der Waals surface area contributed by atoms with E-state index in [1.165, 1.54) is 12.1 Å². The van der Waals surface area contributed by atoms with Crippen LogP contribution in [0.15, 0.2) is 29.2 Å². The van der Waals surface area contributed by atoms with Crippen LogP contribution in [0.4, 0.5) is 18.9 Å². The Labute approximate surface area is 119 Å². The van der Waals surface area contributed by atoms with Crippen molar-refractivity contribution in [1.29, 1.82) is 5.26 Å². The van der Waals surface area contributed by atoms with Crippen LogP contribution in [0.1, 0.15) is 6.42 Å². The number of β-amino-alcohol motifs (C(OH)–C–C–N with tert-alkyl or cyclic N) is 1. The Morgan fingerprint density at radius 1 is 1.29 bits per heavy atom. The second-order valence-electron chi connectivity index (χ2n) is 4.86. The molecule has 1 aromatic carbocycles. The smallest absolute Gasteiger partial charge is 0.385 e. The zero-order chi connectivity index (χ0) is 15.9. The highest BCUT2D eigenvalue weighted by Crippen LogP contribution is 2.33. The molecule has 1 aromatic rings. The van der Waals surface area contributed by atoms with E-state index in [2.05, 4.69) is 0 Å². The summed E-state index contributed by atoms with van der Waals surface area (Å²) in [5, 5.41) is 18.3. The summed E-state index contributed by atoms with van der Waals surface area (Å²) in [6, 6.07) is 6.08. The zero-order valence-corrected chi connectivity index (χ0v) is 11.4. The van der Waals surface area contributed by atoms with Gasteiger partial charge in [0.15, 0.2) is 0 Å². The summed E-state index contributed by atoms with van der Waals surface area (Å²) in [5.74, 6) is 0. The summed E-state index contributed by atoms with van der Waals surface area (Å²) in [6.07, 6.45) is -0.0377. The molecule has 21 heavy (non-hydrogen) atoms. The number of alkyl halides is 3. The van der Waals surface area contributed by atoms with E-state index in [0.29, 0.717) is 5.69 Å². The number of rotatable bonds is 3. The van der Waals surface area contributed by atoms with Gasteiger partial charge < -0.3 is 10.0 Å². The van der Waals surface area contributed by atoms with Crippen LogP contribution in [0.2, 0.25) is 0 Å². The molecule has 1 saturated heterocycles. The van der Waals surface area contributed by atoms with Gasteiger partial charge in [-0.25, -0.2) is 8.42 Å². The lowest BCUT2D eigenvalue weighted by molar-refractivity contribution is -0.0436. The lowest BCUT2D eigenvalue weighted by Crippen LogP contribution is -2.61. The first-order valence-electron chi connectivity index (χ1n) is 5.85. The molecule has 0 aromatic heterocycles. The van der Waals surface area contributed by atoms with Crippen LogP contribution < -0.4 is 4.90 Å². The lowest BCUT2D eigenvalue weighted by Gasteiger charge is -2.46. The van der Waals surface area contributed by atoms with E-state index in [4.69, 9.17) is 5.26 Å². The Kier molecular flexibility index (Phi) is 3.63. The lowest BCUT2D eigenvalue weighted by atomic mass is 9.90. The molecule has 1 fully saturated rings. The number of nitriles is 1. The first kappa shape index (κ1) is 15.6. The molecular weight excluding hydrogens is 309 g/mol. The van der Waals surface area contributed by atoms with Crippen molar-refractivity contribution in [2.24, 2.45) is 0 Å². The molecular formula is C12H11F3N2O3S. The minimum absolute atomic E-state index is 0.0377. The van der Waals surface area contributed by atoms with Crippen molar-refractivity contribution in [2.45, 2.75) is 22.4 Å². The highest BCUT2D eigenvalue weighted by molar-refractivity contribution is 7.92. The van der Waals surface area contributed by atoms with Crippen molar-refractivity contribution in [3.05, 3.63) is 24.3 Å². The van der Waals surface area contributed by atoms with Crippen molar-refractivity contribution in [3.8, 4) is 6.07 Å². The zero-order valence-electron chi connectivity index (χ0n) is 10.6. The number of sulfone groups is 1. The third kappa shape index (κ3) is 2.82. The number of aliphatic hydroxyl groups is 1. The molecule has 0 bridgehead atoms. The normalized spacial score (nSPS) is 18.0. The van der Waals surface area contributed by atoms with Gasteiger partial charge >= 0.3 is 5.51 Å². The summed E-state index contributed by atoms with van der Waals surface area (Å²) in [6.45, 7) is 0.345. The number of hydrogen-bond acceptors (Lipinski definition) is 5. The predicted molar refractivity (Wildman–Crippen MR) is 67.1 cm³/mol. The van der Waals surface area contributed by atoms with E-state index in [9.17, 15) is 26.7 Å². The minimum atomic E-state index is -5.35. The highest BCUT2D eigenvalue weighted by atomic mass is 32.2. The van der Waals surface area contributed by atoms with E-state index < -0.39 is 25.8 Å². The van der Waals surface area contributed by atoms with Crippen LogP contribution in [-0.2, 0) is 9.84 Å². The number of nitrogens with zero attached hydrogens (tertiary/aromatic N) is 2. The van der Waals surface area contributed by atoms with Crippen LogP contribution >= 0.6 is 0 Å². The molecule has 9 heteroatoms. The fourth-order valence-electron chi connectivity index (χ4n) is 2.08. The van der Waals surface area contributed by atoms with Crippen LogP contribution in [0, 0.1) is 11.3 Å². The second-order valence-corrected chi connectivity index (χ2v) is 6.80. The molecule has 0 atom stereocenters. The standard InChI is InChI=1S/C12H11F3N2O3S/c13-12(14,15)21(19,20)10-3-1-9(2-4-10)17-7-11(18,8-17)5-6-16/h1-4,18H,5,7-8H2. The number of hydrogen-bond donors (Lipinski definition) is 1. The third-order valence-corrected chi connectivity index (χ3v) is 4.70. The van der Waals surface area contributed by atoms with Gasteiger partial charge in [0.25, 0.3) is 9.84 Å². The van der Waals surface area contributed by atoms with Gasteiger partial charge in [-0.1, -0.05) is 0 Å². The van der Waals surface area contributed by atoms with Crippen molar-refractivity contribution in [1.82, 2.24) is 0 Å². The first-order valence-corrected chi connectivity index (χ1v) is 7.33. The van der Waals surface area contributed by atoms with Crippen LogP contribution in [0.3, 0.4) is 0 Å². The van der Waals surface area contributed by atoms with Gasteiger partial charge in [0.1, 0.15) is 5.60 Å². The molecule has 0 amide bonds. The Morgan fingerprint density at radius 3 is 2.24 bits per heavy atom. The monoisotopic (exact) mass is 320 g/mol. The molecule has 114 valence electrons. The van der Waals surface area contributed by atoms with Gasteiger partial charge in [-0.05, 0) is 24.3 Å². The van der Waals surface area contributed by atoms with Crippen molar-refractivity contribution in [3.63, 3.8) is 0 Å². The Balaban J connectivity index is 2.14. The molecule has 0 radical (unpaired) electrons. The van der Waals surface area contributed by atoms with Crippen LogP contribution in [0.5, 0.6) is 0 Å². The second kappa shape index (κ2) is 4.89. The predicted octanol–water partition coefficient (Wildman–Crippen LogP) is 1.44. The third-order valence-electron chi connectivity index (χ3n) is 3.20. The van der Waals surface area contributed by atoms with Gasteiger partial charge in [-0.3, -0.25) is 0 Å². The van der Waals surface area contributed by atoms with Gasteiger partial charge in [-0.15, -0.1) is 0 Å². The quantitative estimate of drug-likeness (QED) is 0.911. The van der Waals surface area contributed by atoms with Crippen molar-refractivity contribution in [2.75, 3.05) is 18.0 Å². The van der Waals surface area contributed by atoms with Crippen LogP contribution in [0.25, 0.3) is 0 Å². The van der Waals surface area contributed by atoms with E-state index in [1.54, 1.807) is 4.90 Å². The molecule has 0 spiro atoms. The molecule has 1 aliphatic rings. The number of anilines is 1. The van der Waals surface area contributed by atoms with E-state index >= 15 is 0 Å². The topological polar surface area (TPSA) is 81.4 Å². The molecule has 5 nitrogen and oxygen atoms in total. The van der Waals surface area contributed by atoms with Crippen LogP contribution in [-0.4, -0.2) is 37.7 Å². The van der Waals surface area contributed by atoms with E-state index in [-0.39, 0.29) is 19.5 Å². The first-order chi connectivity index (χ1) is 9.59. The fourth-order valence-corrected chi connectivity index (χ4v) is 2.84. The molecule has 0 unspecified atom stereocenters. The Bertz CT molecular complexity index is 671.